The fraction of sp³-hybridized carbons (Fsp3) is 0.389. The molecule has 5 heteroatoms. The molecule has 4 nitrogen and oxygen atoms in total. The number of hydrogen-bond acceptors (Lipinski definition) is 4. The number of carbonyl (C=O) groups is 1. The van der Waals surface area contributed by atoms with E-state index in [9.17, 15) is 4.79 Å². The molecule has 1 N–H and O–H groups in total. The van der Waals surface area contributed by atoms with Crippen LogP contribution in [-0.2, 0) is 13.0 Å². The number of hydrogen-bond donors (Lipinski definition) is 1. The monoisotopic (exact) mass is 330 g/mol. The van der Waals surface area contributed by atoms with E-state index in [1.54, 1.807) is 6.07 Å². The Labute approximate surface area is 141 Å². The molecule has 1 aromatic carbocycles. The fourth-order valence-electron chi connectivity index (χ4n) is 2.86. The number of amides is 1. The summed E-state index contributed by atoms with van der Waals surface area (Å²) in [5, 5.41) is 5.17. The van der Waals surface area contributed by atoms with E-state index < -0.39 is 0 Å². The molecule has 0 aliphatic carbocycles. The van der Waals surface area contributed by atoms with Gasteiger partial charge in [0.2, 0.25) is 0 Å². The minimum atomic E-state index is -0.0673. The van der Waals surface area contributed by atoms with E-state index in [-0.39, 0.29) is 5.91 Å². The molecular weight excluding hydrogens is 308 g/mol. The van der Waals surface area contributed by atoms with Crippen molar-refractivity contribution in [1.29, 1.82) is 0 Å². The molecule has 1 aromatic heterocycles. The number of thiophene rings is 1. The molecule has 3 rings (SSSR count). The van der Waals surface area contributed by atoms with Crippen molar-refractivity contribution < 1.29 is 9.53 Å². The minimum absolute atomic E-state index is 0.0673. The standard InChI is InChI=1S/C18H22N2O2S/c1-2-22-16-6-4-3-5-15(16)18(21)19-9-11-20-10-7-17-14(13-20)8-12-23-17/h3-6,8,12H,2,7,9-11,13H2,1H3,(H,19,21). The van der Waals surface area contributed by atoms with E-state index >= 15 is 0 Å². The molecule has 2 aromatic rings. The first kappa shape index (κ1) is 16.0. The van der Waals surface area contributed by atoms with Crippen molar-refractivity contribution >= 4 is 17.2 Å². The summed E-state index contributed by atoms with van der Waals surface area (Å²) in [7, 11) is 0. The highest BCUT2D eigenvalue weighted by Gasteiger charge is 2.17. The molecule has 0 radical (unpaired) electrons. The summed E-state index contributed by atoms with van der Waals surface area (Å²) in [5.74, 6) is 0.579. The van der Waals surface area contributed by atoms with Gasteiger partial charge in [-0.05, 0) is 42.5 Å². The van der Waals surface area contributed by atoms with Crippen molar-refractivity contribution in [3.63, 3.8) is 0 Å². The number of benzene rings is 1. The quantitative estimate of drug-likeness (QED) is 0.885. The second-order valence-corrected chi connectivity index (χ2v) is 6.58. The number of carbonyl (C=O) groups excluding carboxylic acids is 1. The van der Waals surface area contributed by atoms with Gasteiger partial charge in [0.1, 0.15) is 5.75 Å². The molecule has 23 heavy (non-hydrogen) atoms. The first-order valence-electron chi connectivity index (χ1n) is 8.05. The highest BCUT2D eigenvalue weighted by Crippen LogP contribution is 2.23. The number of rotatable bonds is 6. The van der Waals surface area contributed by atoms with Crippen molar-refractivity contribution in [2.75, 3.05) is 26.2 Å². The van der Waals surface area contributed by atoms with E-state index in [0.29, 0.717) is 24.5 Å². The third-order valence-corrected chi connectivity index (χ3v) is 5.05. The minimum Gasteiger partial charge on any atom is -0.493 e. The predicted molar refractivity (Wildman–Crippen MR) is 93.2 cm³/mol. The van der Waals surface area contributed by atoms with Gasteiger partial charge in [-0.3, -0.25) is 9.69 Å². The molecule has 0 saturated carbocycles. The van der Waals surface area contributed by atoms with E-state index in [0.717, 1.165) is 26.1 Å². The highest BCUT2D eigenvalue weighted by atomic mass is 32.1. The lowest BCUT2D eigenvalue weighted by molar-refractivity contribution is 0.0943. The Bertz CT molecular complexity index is 669. The molecule has 122 valence electrons. The van der Waals surface area contributed by atoms with Crippen molar-refractivity contribution in [1.82, 2.24) is 10.2 Å². The second kappa shape index (κ2) is 7.62. The lowest BCUT2D eigenvalue weighted by Crippen LogP contribution is -2.37. The lowest BCUT2D eigenvalue weighted by Gasteiger charge is -2.26. The number of nitrogens with one attached hydrogen (secondary N) is 1. The zero-order chi connectivity index (χ0) is 16.1. The molecule has 0 bridgehead atoms. The average Bonchev–Trinajstić information content (AvgIpc) is 3.03. The van der Waals surface area contributed by atoms with Crippen LogP contribution in [0.5, 0.6) is 5.75 Å². The predicted octanol–water partition coefficient (Wildman–Crippen LogP) is 2.93. The molecule has 0 spiro atoms. The molecule has 0 atom stereocenters. The number of nitrogens with zero attached hydrogens (tertiary/aromatic N) is 1. The van der Waals surface area contributed by atoms with Gasteiger partial charge in [0.15, 0.2) is 0 Å². The van der Waals surface area contributed by atoms with Crippen LogP contribution in [0.4, 0.5) is 0 Å². The van der Waals surface area contributed by atoms with Gasteiger partial charge in [-0.2, -0.15) is 0 Å². The summed E-state index contributed by atoms with van der Waals surface area (Å²) >= 11 is 1.85. The Kier molecular flexibility index (Phi) is 5.31. The SMILES string of the molecule is CCOc1ccccc1C(=O)NCCN1CCc2sccc2C1. The zero-order valence-corrected chi connectivity index (χ0v) is 14.2. The van der Waals surface area contributed by atoms with Crippen LogP contribution in [0.3, 0.4) is 0 Å². The Morgan fingerprint density at radius 3 is 3.09 bits per heavy atom. The van der Waals surface area contributed by atoms with Crippen LogP contribution in [0.25, 0.3) is 0 Å². The summed E-state index contributed by atoms with van der Waals surface area (Å²) in [4.78, 5) is 16.2. The van der Waals surface area contributed by atoms with Crippen molar-refractivity contribution in [2.24, 2.45) is 0 Å². The second-order valence-electron chi connectivity index (χ2n) is 5.58. The molecule has 2 heterocycles. The summed E-state index contributed by atoms with van der Waals surface area (Å²) in [6, 6.07) is 9.59. The number of fused-ring (bicyclic) bond motifs is 1. The normalized spacial score (nSPS) is 14.3. The summed E-state index contributed by atoms with van der Waals surface area (Å²) in [5.41, 5.74) is 2.04. The van der Waals surface area contributed by atoms with Gasteiger partial charge in [0.25, 0.3) is 5.91 Å². The van der Waals surface area contributed by atoms with Crippen LogP contribution in [0.2, 0.25) is 0 Å². The lowest BCUT2D eigenvalue weighted by atomic mass is 10.1. The summed E-state index contributed by atoms with van der Waals surface area (Å²) < 4.78 is 5.51. The van der Waals surface area contributed by atoms with Crippen LogP contribution >= 0.6 is 11.3 Å². The van der Waals surface area contributed by atoms with Gasteiger partial charge in [-0.1, -0.05) is 12.1 Å². The molecular formula is C18H22N2O2S. The van der Waals surface area contributed by atoms with Crippen molar-refractivity contribution in [2.45, 2.75) is 19.9 Å². The van der Waals surface area contributed by atoms with Crippen LogP contribution in [0.1, 0.15) is 27.7 Å². The maximum absolute atomic E-state index is 12.3. The molecule has 0 fully saturated rings. The van der Waals surface area contributed by atoms with Gasteiger partial charge in [0, 0.05) is 31.1 Å². The largest absolute Gasteiger partial charge is 0.493 e. The Balaban J connectivity index is 1.50. The third kappa shape index (κ3) is 3.92. The maximum Gasteiger partial charge on any atom is 0.255 e. The van der Waals surface area contributed by atoms with Gasteiger partial charge in [-0.25, -0.2) is 0 Å². The number of ether oxygens (including phenoxy) is 1. The summed E-state index contributed by atoms with van der Waals surface area (Å²) in [6.45, 7) is 6.06. The van der Waals surface area contributed by atoms with Gasteiger partial charge >= 0.3 is 0 Å². The summed E-state index contributed by atoms with van der Waals surface area (Å²) in [6.07, 6.45) is 1.12. The smallest absolute Gasteiger partial charge is 0.255 e. The molecule has 1 aliphatic rings. The highest BCUT2D eigenvalue weighted by molar-refractivity contribution is 7.10. The van der Waals surface area contributed by atoms with E-state index in [4.69, 9.17) is 4.74 Å². The Hall–Kier alpha value is -1.85. The fourth-order valence-corrected chi connectivity index (χ4v) is 3.75. The topological polar surface area (TPSA) is 41.6 Å². The number of para-hydroxylation sites is 1. The van der Waals surface area contributed by atoms with Gasteiger partial charge < -0.3 is 10.1 Å². The third-order valence-electron chi connectivity index (χ3n) is 4.03. The first-order valence-corrected chi connectivity index (χ1v) is 8.93. The first-order chi connectivity index (χ1) is 11.3. The van der Waals surface area contributed by atoms with Gasteiger partial charge in [0.05, 0.1) is 12.2 Å². The molecule has 0 saturated heterocycles. The van der Waals surface area contributed by atoms with Crippen molar-refractivity contribution in [3.8, 4) is 5.75 Å². The van der Waals surface area contributed by atoms with Crippen molar-refractivity contribution in [3.05, 3.63) is 51.7 Å². The van der Waals surface area contributed by atoms with E-state index in [1.165, 1.54) is 10.4 Å². The maximum atomic E-state index is 12.3. The van der Waals surface area contributed by atoms with Crippen LogP contribution in [-0.4, -0.2) is 37.0 Å². The average molecular weight is 330 g/mol. The van der Waals surface area contributed by atoms with E-state index in [2.05, 4.69) is 21.7 Å². The molecule has 0 unspecified atom stereocenters. The Morgan fingerprint density at radius 1 is 1.35 bits per heavy atom. The molecule has 1 aliphatic heterocycles. The van der Waals surface area contributed by atoms with Crippen LogP contribution in [0, 0.1) is 0 Å². The molecule has 1 amide bonds. The zero-order valence-electron chi connectivity index (χ0n) is 13.4. The van der Waals surface area contributed by atoms with Crippen LogP contribution < -0.4 is 10.1 Å². The van der Waals surface area contributed by atoms with E-state index in [1.807, 2.05) is 36.5 Å². The van der Waals surface area contributed by atoms with Gasteiger partial charge in [-0.15, -0.1) is 11.3 Å². The Morgan fingerprint density at radius 2 is 2.22 bits per heavy atom. The van der Waals surface area contributed by atoms with Crippen LogP contribution in [0.15, 0.2) is 35.7 Å².